The van der Waals surface area contributed by atoms with Crippen molar-refractivity contribution in [2.45, 2.75) is 37.1 Å². The van der Waals surface area contributed by atoms with E-state index in [0.717, 1.165) is 6.92 Å². The number of halogens is 3. The molecule has 10 heavy (non-hydrogen) atoms. The zero-order chi connectivity index (χ0) is 8.41. The first-order valence-electron chi connectivity index (χ1n) is 3.10. The molecule has 0 aromatic carbocycles. The Hall–Kier alpha value is 0.300. The topological polar surface area (TPSA) is 20.2 Å². The molecule has 1 N–H and O–H groups in total. The van der Waals surface area contributed by atoms with Crippen LogP contribution in [0.4, 0.5) is 8.78 Å². The summed E-state index contributed by atoms with van der Waals surface area (Å²) >= 11 is 2.12. The molecule has 0 spiro atoms. The second-order valence-corrected chi connectivity index (χ2v) is 3.52. The van der Waals surface area contributed by atoms with E-state index in [1.807, 2.05) is 0 Å². The van der Waals surface area contributed by atoms with Crippen molar-refractivity contribution < 1.29 is 13.9 Å². The van der Waals surface area contributed by atoms with Crippen molar-refractivity contribution >= 4 is 15.9 Å². The van der Waals surface area contributed by atoms with Gasteiger partial charge in [-0.1, -0.05) is 13.3 Å². The number of aliphatic hydroxyl groups is 1. The zero-order valence-corrected chi connectivity index (χ0v) is 7.58. The van der Waals surface area contributed by atoms with Crippen LogP contribution < -0.4 is 0 Å². The smallest absolute Gasteiger partial charge is 0.329 e. The van der Waals surface area contributed by atoms with Gasteiger partial charge in [-0.15, -0.1) is 0 Å². The maximum absolute atomic E-state index is 12.4. The summed E-state index contributed by atoms with van der Waals surface area (Å²) in [5.41, 5.74) is -1.93. The Morgan fingerprint density at radius 3 is 2.00 bits per heavy atom. The minimum atomic E-state index is -3.18. The predicted octanol–water partition coefficient (Wildman–Crippen LogP) is 2.53. The van der Waals surface area contributed by atoms with Crippen molar-refractivity contribution in [3.63, 3.8) is 0 Å². The molecule has 0 aromatic heterocycles. The van der Waals surface area contributed by atoms with Crippen LogP contribution in [-0.2, 0) is 0 Å². The monoisotopic (exact) mass is 216 g/mol. The van der Waals surface area contributed by atoms with Gasteiger partial charge in [-0.05, 0) is 29.3 Å². The second-order valence-electron chi connectivity index (χ2n) is 2.52. The highest BCUT2D eigenvalue weighted by molar-refractivity contribution is 9.10. The highest BCUT2D eigenvalue weighted by Crippen LogP contribution is 2.37. The first-order chi connectivity index (χ1) is 4.31. The van der Waals surface area contributed by atoms with Crippen LogP contribution in [0.5, 0.6) is 0 Å². The molecule has 0 radical (unpaired) electrons. The van der Waals surface area contributed by atoms with Gasteiger partial charge in [0.05, 0.1) is 0 Å². The van der Waals surface area contributed by atoms with Crippen molar-refractivity contribution in [1.29, 1.82) is 0 Å². The Morgan fingerprint density at radius 2 is 1.90 bits per heavy atom. The highest BCUT2D eigenvalue weighted by Gasteiger charge is 2.45. The van der Waals surface area contributed by atoms with E-state index in [1.54, 1.807) is 6.92 Å². The number of rotatable bonds is 3. The molecular formula is C6H11BrF2O. The molecule has 0 amide bonds. The Balaban J connectivity index is 4.10. The van der Waals surface area contributed by atoms with Crippen LogP contribution in [-0.4, -0.2) is 15.5 Å². The number of hydrogen-bond acceptors (Lipinski definition) is 1. The minimum absolute atomic E-state index is 0.0885. The van der Waals surface area contributed by atoms with Gasteiger partial charge in [0.1, 0.15) is 5.60 Å². The summed E-state index contributed by atoms with van der Waals surface area (Å²) in [6.07, 6.45) is 0.624. The average molecular weight is 217 g/mol. The molecule has 0 aliphatic carbocycles. The van der Waals surface area contributed by atoms with E-state index < -0.39 is 10.4 Å². The predicted molar refractivity (Wildman–Crippen MR) is 39.4 cm³/mol. The molecule has 0 aliphatic heterocycles. The van der Waals surface area contributed by atoms with Gasteiger partial charge in [0.2, 0.25) is 0 Å². The summed E-state index contributed by atoms with van der Waals surface area (Å²) in [5.74, 6) is 0. The Morgan fingerprint density at radius 1 is 1.50 bits per heavy atom. The van der Waals surface area contributed by atoms with Crippen LogP contribution >= 0.6 is 15.9 Å². The molecule has 1 unspecified atom stereocenters. The summed E-state index contributed by atoms with van der Waals surface area (Å²) in [6.45, 7) is 2.86. The molecular weight excluding hydrogens is 206 g/mol. The molecule has 4 heteroatoms. The molecule has 0 saturated heterocycles. The van der Waals surface area contributed by atoms with Gasteiger partial charge in [0.25, 0.3) is 0 Å². The van der Waals surface area contributed by atoms with E-state index in [2.05, 4.69) is 15.9 Å². The van der Waals surface area contributed by atoms with E-state index in [9.17, 15) is 8.78 Å². The van der Waals surface area contributed by atoms with E-state index in [1.165, 1.54) is 0 Å². The molecule has 0 aromatic rings. The largest absolute Gasteiger partial charge is 0.383 e. The van der Waals surface area contributed by atoms with Gasteiger partial charge >= 0.3 is 4.83 Å². The minimum Gasteiger partial charge on any atom is -0.383 e. The van der Waals surface area contributed by atoms with Crippen molar-refractivity contribution in [2.24, 2.45) is 0 Å². The lowest BCUT2D eigenvalue weighted by Gasteiger charge is -2.27. The van der Waals surface area contributed by atoms with Crippen molar-refractivity contribution in [3.05, 3.63) is 0 Å². The van der Waals surface area contributed by atoms with Crippen LogP contribution in [0.2, 0.25) is 0 Å². The maximum Gasteiger partial charge on any atom is 0.329 e. The molecule has 1 nitrogen and oxygen atoms in total. The van der Waals surface area contributed by atoms with E-state index in [0.29, 0.717) is 6.42 Å². The Labute approximate surface area is 67.6 Å². The summed E-state index contributed by atoms with van der Waals surface area (Å²) in [4.78, 5) is -3.18. The van der Waals surface area contributed by atoms with Gasteiger partial charge in [-0.25, -0.2) is 0 Å². The van der Waals surface area contributed by atoms with Crippen LogP contribution in [0.3, 0.4) is 0 Å². The van der Waals surface area contributed by atoms with E-state index in [4.69, 9.17) is 5.11 Å². The fraction of sp³-hybridized carbons (Fsp3) is 1.00. The Kier molecular flexibility index (Phi) is 3.23. The average Bonchev–Trinajstić information content (AvgIpc) is 1.61. The second kappa shape index (κ2) is 3.13. The standard InChI is InChI=1S/C6H11BrF2O/c1-3-4-5(2,10)6(7,8)9/h10H,3-4H2,1-2H3. The first kappa shape index (κ1) is 10.3. The van der Waals surface area contributed by atoms with Crippen molar-refractivity contribution in [2.75, 3.05) is 0 Å². The van der Waals surface area contributed by atoms with Crippen molar-refractivity contribution in [3.8, 4) is 0 Å². The van der Waals surface area contributed by atoms with Gasteiger partial charge in [-0.2, -0.15) is 8.78 Å². The fourth-order valence-electron chi connectivity index (χ4n) is 0.629. The Bertz CT molecular complexity index is 109. The zero-order valence-electron chi connectivity index (χ0n) is 6.00. The van der Waals surface area contributed by atoms with Gasteiger partial charge < -0.3 is 5.11 Å². The van der Waals surface area contributed by atoms with Crippen LogP contribution in [0.1, 0.15) is 26.7 Å². The third-order valence-corrected chi connectivity index (χ3v) is 2.20. The van der Waals surface area contributed by atoms with Crippen LogP contribution in [0.25, 0.3) is 0 Å². The number of hydrogen-bond donors (Lipinski definition) is 1. The summed E-state index contributed by atoms with van der Waals surface area (Å²) in [5, 5.41) is 9.05. The quantitative estimate of drug-likeness (QED) is 0.720. The molecule has 0 saturated carbocycles. The molecule has 0 heterocycles. The highest BCUT2D eigenvalue weighted by atomic mass is 79.9. The normalized spacial score (nSPS) is 18.6. The summed E-state index contributed by atoms with van der Waals surface area (Å²) in [6, 6.07) is 0. The van der Waals surface area contributed by atoms with Crippen LogP contribution in [0.15, 0.2) is 0 Å². The molecule has 0 bridgehead atoms. The SMILES string of the molecule is CCCC(C)(O)C(F)(F)Br. The summed E-state index contributed by atoms with van der Waals surface area (Å²) in [7, 11) is 0. The lowest BCUT2D eigenvalue weighted by atomic mass is 10.0. The lowest BCUT2D eigenvalue weighted by Crippen LogP contribution is -2.40. The maximum atomic E-state index is 12.4. The van der Waals surface area contributed by atoms with Gasteiger partial charge in [-0.3, -0.25) is 0 Å². The van der Waals surface area contributed by atoms with Crippen molar-refractivity contribution in [1.82, 2.24) is 0 Å². The molecule has 0 aliphatic rings. The van der Waals surface area contributed by atoms with E-state index in [-0.39, 0.29) is 6.42 Å². The fourth-order valence-corrected chi connectivity index (χ4v) is 0.827. The molecule has 0 fully saturated rings. The molecule has 0 rings (SSSR count). The third-order valence-electron chi connectivity index (χ3n) is 1.35. The number of alkyl halides is 3. The van der Waals surface area contributed by atoms with Crippen LogP contribution in [0, 0.1) is 0 Å². The van der Waals surface area contributed by atoms with Gasteiger partial charge in [0, 0.05) is 0 Å². The van der Waals surface area contributed by atoms with Gasteiger partial charge in [0.15, 0.2) is 0 Å². The molecule has 1 atom stereocenters. The molecule has 62 valence electrons. The third kappa shape index (κ3) is 2.50. The lowest BCUT2D eigenvalue weighted by molar-refractivity contribution is -0.108. The first-order valence-corrected chi connectivity index (χ1v) is 3.89. The van der Waals surface area contributed by atoms with E-state index >= 15 is 0 Å². The summed E-state index contributed by atoms with van der Waals surface area (Å²) < 4.78 is 24.7.